The first-order valence-electron chi connectivity index (χ1n) is 9.94. The maximum atomic E-state index is 13.4. The number of nitrogens with two attached hydrogens (primary N) is 1. The molecular weight excluding hydrogens is 385 g/mol. The van der Waals surface area contributed by atoms with Crippen molar-refractivity contribution in [1.29, 1.82) is 0 Å². The topological polar surface area (TPSA) is 99.0 Å². The van der Waals surface area contributed by atoms with Crippen LogP contribution < -0.4 is 11.1 Å². The number of aromatic nitrogens is 3. The lowest BCUT2D eigenvalue weighted by Gasteiger charge is -2.24. The van der Waals surface area contributed by atoms with Crippen molar-refractivity contribution in [1.82, 2.24) is 20.0 Å². The zero-order valence-electron chi connectivity index (χ0n) is 17.6. The van der Waals surface area contributed by atoms with Gasteiger partial charge >= 0.3 is 0 Å². The Labute approximate surface area is 175 Å². The minimum Gasteiger partial charge on any atom is -0.361 e. The van der Waals surface area contributed by atoms with Gasteiger partial charge < -0.3 is 20.1 Å². The Morgan fingerprint density at radius 2 is 2.07 bits per heavy atom. The van der Waals surface area contributed by atoms with E-state index in [4.69, 9.17) is 15.2 Å². The lowest BCUT2D eigenvalue weighted by Crippen LogP contribution is -2.42. The maximum absolute atomic E-state index is 13.4. The molecule has 0 fully saturated rings. The molecule has 3 rings (SSSR count). The molecule has 0 aliphatic rings. The summed E-state index contributed by atoms with van der Waals surface area (Å²) >= 11 is 0. The molecule has 3 N–H and O–H groups in total. The van der Waals surface area contributed by atoms with Gasteiger partial charge in [0.15, 0.2) is 0 Å². The molecule has 160 valence electrons. The van der Waals surface area contributed by atoms with Crippen molar-refractivity contribution in [3.05, 3.63) is 59.9 Å². The molecule has 8 heteroatoms. The highest BCUT2D eigenvalue weighted by Crippen LogP contribution is 2.26. The molecule has 0 saturated carbocycles. The summed E-state index contributed by atoms with van der Waals surface area (Å²) in [6.07, 6.45) is 1.07. The third-order valence-corrected chi connectivity index (χ3v) is 4.89. The number of carbonyl (C=O) groups excluding carboxylic acids is 1. The van der Waals surface area contributed by atoms with Crippen LogP contribution in [0, 0.1) is 12.3 Å². The summed E-state index contributed by atoms with van der Waals surface area (Å²) in [5.74, 6) is 1.23. The number of carbonyl (C=O) groups is 1. The molecule has 1 amide bonds. The molecule has 1 atom stereocenters. The van der Waals surface area contributed by atoms with Crippen LogP contribution in [0.5, 0.6) is 0 Å². The number of nitrogens with one attached hydrogen (secondary N) is 1. The standard InChI is InChI=1S/C22H28FN5O2/c1-15-9-18(27-30-15)13-28-14-19(16-7-5-4-6-8-16)26-20(28)10-22(2,3)21(29)25-12-17(23)11-24/h4-9,14,17H,10-13,24H2,1-3H3,(H,25,29)/t17-/m1/s1. The van der Waals surface area contributed by atoms with E-state index in [2.05, 4.69) is 10.5 Å². The molecule has 2 aromatic heterocycles. The molecule has 0 radical (unpaired) electrons. The first-order valence-corrected chi connectivity index (χ1v) is 9.94. The van der Waals surface area contributed by atoms with Gasteiger partial charge in [0.25, 0.3) is 0 Å². The second-order valence-corrected chi connectivity index (χ2v) is 8.07. The molecule has 2 heterocycles. The van der Waals surface area contributed by atoms with Crippen LogP contribution in [0.25, 0.3) is 11.3 Å². The number of rotatable bonds is 9. The van der Waals surface area contributed by atoms with Gasteiger partial charge in [-0.25, -0.2) is 9.37 Å². The van der Waals surface area contributed by atoms with Gasteiger partial charge in [-0.05, 0) is 6.92 Å². The lowest BCUT2D eigenvalue weighted by atomic mass is 9.87. The first-order chi connectivity index (χ1) is 14.3. The van der Waals surface area contributed by atoms with E-state index in [0.717, 1.165) is 28.5 Å². The van der Waals surface area contributed by atoms with Crippen LogP contribution in [-0.4, -0.2) is 39.9 Å². The van der Waals surface area contributed by atoms with Gasteiger partial charge in [-0.3, -0.25) is 4.79 Å². The van der Waals surface area contributed by atoms with Crippen molar-refractivity contribution < 1.29 is 13.7 Å². The average molecular weight is 413 g/mol. The molecule has 0 saturated heterocycles. The quantitative estimate of drug-likeness (QED) is 0.562. The molecule has 0 bridgehead atoms. The summed E-state index contributed by atoms with van der Waals surface area (Å²) in [5.41, 5.74) is 7.08. The Balaban J connectivity index is 1.85. The highest BCUT2D eigenvalue weighted by Gasteiger charge is 2.30. The van der Waals surface area contributed by atoms with E-state index in [1.165, 1.54) is 0 Å². The van der Waals surface area contributed by atoms with Crippen molar-refractivity contribution in [2.45, 2.75) is 39.9 Å². The van der Waals surface area contributed by atoms with Crippen molar-refractivity contribution in [3.8, 4) is 11.3 Å². The molecule has 0 spiro atoms. The number of nitrogens with zero attached hydrogens (tertiary/aromatic N) is 3. The maximum Gasteiger partial charge on any atom is 0.226 e. The fourth-order valence-corrected chi connectivity index (χ4v) is 3.15. The van der Waals surface area contributed by atoms with Crippen LogP contribution >= 0.6 is 0 Å². The summed E-state index contributed by atoms with van der Waals surface area (Å²) in [4.78, 5) is 17.4. The van der Waals surface area contributed by atoms with E-state index in [1.54, 1.807) is 0 Å². The third kappa shape index (κ3) is 5.33. The van der Waals surface area contributed by atoms with Crippen molar-refractivity contribution in [2.75, 3.05) is 13.1 Å². The highest BCUT2D eigenvalue weighted by molar-refractivity contribution is 5.82. The van der Waals surface area contributed by atoms with Gasteiger partial charge in [-0.2, -0.15) is 0 Å². The van der Waals surface area contributed by atoms with Crippen molar-refractivity contribution >= 4 is 5.91 Å². The van der Waals surface area contributed by atoms with Gasteiger partial charge in [-0.1, -0.05) is 49.3 Å². The number of amides is 1. The molecule has 7 nitrogen and oxygen atoms in total. The Morgan fingerprint density at radius 1 is 1.33 bits per heavy atom. The number of benzene rings is 1. The third-order valence-electron chi connectivity index (χ3n) is 4.89. The van der Waals surface area contributed by atoms with E-state index >= 15 is 0 Å². The summed E-state index contributed by atoms with van der Waals surface area (Å²) in [6, 6.07) is 11.7. The van der Waals surface area contributed by atoms with Crippen molar-refractivity contribution in [3.63, 3.8) is 0 Å². The molecule has 0 unspecified atom stereocenters. The van der Waals surface area contributed by atoms with E-state index in [-0.39, 0.29) is 19.0 Å². The number of imidazole rings is 1. The molecule has 30 heavy (non-hydrogen) atoms. The van der Waals surface area contributed by atoms with E-state index < -0.39 is 11.6 Å². The predicted molar refractivity (Wildman–Crippen MR) is 112 cm³/mol. The minimum absolute atomic E-state index is 0.0965. The molecular formula is C22H28FN5O2. The second kappa shape index (κ2) is 9.21. The number of alkyl halides is 1. The van der Waals surface area contributed by atoms with E-state index in [0.29, 0.717) is 13.0 Å². The number of aryl methyl sites for hydroxylation is 1. The Morgan fingerprint density at radius 3 is 2.70 bits per heavy atom. The molecule has 0 aliphatic carbocycles. The summed E-state index contributed by atoms with van der Waals surface area (Å²) in [5, 5.41) is 6.71. The van der Waals surface area contributed by atoms with E-state index in [9.17, 15) is 9.18 Å². The normalized spacial score (nSPS) is 12.7. The van der Waals surface area contributed by atoms with Crippen LogP contribution in [0.15, 0.2) is 47.1 Å². The van der Waals surface area contributed by atoms with Crippen LogP contribution in [0.1, 0.15) is 31.1 Å². The lowest BCUT2D eigenvalue weighted by molar-refractivity contribution is -0.129. The van der Waals surface area contributed by atoms with Crippen molar-refractivity contribution in [2.24, 2.45) is 11.1 Å². The Kier molecular flexibility index (Phi) is 6.66. The van der Waals surface area contributed by atoms with Gasteiger partial charge in [-0.15, -0.1) is 0 Å². The molecule has 0 aliphatic heterocycles. The fraction of sp³-hybridized carbons (Fsp3) is 0.409. The molecule has 3 aromatic rings. The highest BCUT2D eigenvalue weighted by atomic mass is 19.1. The second-order valence-electron chi connectivity index (χ2n) is 8.07. The SMILES string of the molecule is Cc1cc(Cn2cc(-c3ccccc3)nc2CC(C)(C)C(=O)NC[C@H](F)CN)no1. The van der Waals surface area contributed by atoms with Gasteiger partial charge in [0.1, 0.15) is 23.5 Å². The Bertz CT molecular complexity index is 981. The number of hydrogen-bond acceptors (Lipinski definition) is 5. The van der Waals surface area contributed by atoms with Crippen LogP contribution in [0.2, 0.25) is 0 Å². The van der Waals surface area contributed by atoms with Crippen LogP contribution in [0.3, 0.4) is 0 Å². The number of hydrogen-bond donors (Lipinski definition) is 2. The van der Waals surface area contributed by atoms with Crippen LogP contribution in [0.4, 0.5) is 4.39 Å². The predicted octanol–water partition coefficient (Wildman–Crippen LogP) is 2.88. The Hall–Kier alpha value is -3.00. The van der Waals surface area contributed by atoms with Gasteiger partial charge in [0.05, 0.1) is 24.2 Å². The summed E-state index contributed by atoms with van der Waals surface area (Å²) < 4.78 is 20.6. The average Bonchev–Trinajstić information content (AvgIpc) is 3.32. The summed E-state index contributed by atoms with van der Waals surface area (Å²) in [6.45, 7) is 5.74. The van der Waals surface area contributed by atoms with E-state index in [1.807, 2.05) is 67.9 Å². The zero-order chi connectivity index (χ0) is 21.7. The number of halogens is 1. The summed E-state index contributed by atoms with van der Waals surface area (Å²) in [7, 11) is 0. The van der Waals surface area contributed by atoms with Crippen LogP contribution in [-0.2, 0) is 17.8 Å². The largest absolute Gasteiger partial charge is 0.361 e. The smallest absolute Gasteiger partial charge is 0.226 e. The minimum atomic E-state index is -1.26. The molecule has 1 aromatic carbocycles. The van der Waals surface area contributed by atoms with Gasteiger partial charge in [0.2, 0.25) is 5.91 Å². The van der Waals surface area contributed by atoms with Gasteiger partial charge in [0, 0.05) is 30.8 Å². The fourth-order valence-electron chi connectivity index (χ4n) is 3.15. The monoisotopic (exact) mass is 413 g/mol. The first kappa shape index (κ1) is 21.7. The zero-order valence-corrected chi connectivity index (χ0v) is 17.6.